The zero-order chi connectivity index (χ0) is 27.3. The van der Waals surface area contributed by atoms with Crippen molar-refractivity contribution < 1.29 is 0 Å². The van der Waals surface area contributed by atoms with Gasteiger partial charge >= 0.3 is 0 Å². The number of hydrogen-bond acceptors (Lipinski definition) is 1. The molecule has 0 saturated heterocycles. The van der Waals surface area contributed by atoms with Crippen molar-refractivity contribution in [2.24, 2.45) is 0 Å². The molecule has 3 aromatic heterocycles. The predicted molar refractivity (Wildman–Crippen MR) is 172 cm³/mol. The predicted octanol–water partition coefficient (Wildman–Crippen LogP) is 9.04. The molecule has 1 aliphatic rings. The van der Waals surface area contributed by atoms with Crippen LogP contribution in [0.4, 0.5) is 0 Å². The molecule has 0 radical (unpaired) electrons. The summed E-state index contributed by atoms with van der Waals surface area (Å²) in [5.41, 5.74) is 8.55. The number of aromatic nitrogens is 2. The molecule has 9 rings (SSSR count). The number of nitrogens with zero attached hydrogens (tertiary/aromatic N) is 2. The summed E-state index contributed by atoms with van der Waals surface area (Å²) in [4.78, 5) is 14.6. The molecule has 1 atom stereocenters. The molecule has 3 nitrogen and oxygen atoms in total. The Labute approximate surface area is 236 Å². The zero-order valence-electron chi connectivity index (χ0n) is 22.6. The first-order valence-corrected chi connectivity index (χ1v) is 14.2. The van der Waals surface area contributed by atoms with Gasteiger partial charge in [-0.25, -0.2) is 0 Å². The van der Waals surface area contributed by atoms with Gasteiger partial charge in [0.1, 0.15) is 0 Å². The number of para-hydroxylation sites is 3. The van der Waals surface area contributed by atoms with Crippen LogP contribution in [-0.4, -0.2) is 8.80 Å². The van der Waals surface area contributed by atoms with Gasteiger partial charge in [-0.05, 0) is 47.4 Å². The van der Waals surface area contributed by atoms with Crippen molar-refractivity contribution >= 4 is 54.5 Å². The van der Waals surface area contributed by atoms with E-state index in [2.05, 4.69) is 114 Å². The lowest BCUT2D eigenvalue weighted by molar-refractivity contribution is 0.608. The number of hydrogen-bond donors (Lipinski definition) is 0. The van der Waals surface area contributed by atoms with Crippen molar-refractivity contribution in [3.8, 4) is 11.1 Å². The molecule has 5 aromatic carbocycles. The van der Waals surface area contributed by atoms with Gasteiger partial charge in [0.05, 0.1) is 33.0 Å². The van der Waals surface area contributed by atoms with E-state index in [1.807, 2.05) is 28.7 Å². The second-order valence-electron chi connectivity index (χ2n) is 11.5. The van der Waals surface area contributed by atoms with Crippen LogP contribution in [0.25, 0.3) is 65.6 Å². The Morgan fingerprint density at radius 2 is 1.17 bits per heavy atom. The van der Waals surface area contributed by atoms with Gasteiger partial charge in [-0.1, -0.05) is 110 Å². The van der Waals surface area contributed by atoms with Gasteiger partial charge in [0.2, 0.25) is 0 Å². The molecule has 0 aliphatic heterocycles. The van der Waals surface area contributed by atoms with Crippen molar-refractivity contribution in [1.29, 1.82) is 0 Å². The van der Waals surface area contributed by atoms with Gasteiger partial charge < -0.3 is 4.40 Å². The molecule has 0 spiro atoms. The molecule has 194 valence electrons. The third kappa shape index (κ3) is 2.80. The van der Waals surface area contributed by atoms with Crippen molar-refractivity contribution in [3.63, 3.8) is 0 Å². The van der Waals surface area contributed by atoms with E-state index < -0.39 is 0 Å². The maximum absolute atomic E-state index is 14.6. The van der Waals surface area contributed by atoms with Crippen molar-refractivity contribution in [3.05, 3.63) is 143 Å². The first-order chi connectivity index (χ1) is 20.2. The molecule has 0 bridgehead atoms. The topological polar surface area (TPSA) is 25.9 Å². The van der Waals surface area contributed by atoms with E-state index in [4.69, 9.17) is 0 Å². The van der Waals surface area contributed by atoms with Crippen molar-refractivity contribution in [1.82, 2.24) is 8.80 Å². The van der Waals surface area contributed by atoms with Gasteiger partial charge in [0.25, 0.3) is 5.56 Å². The van der Waals surface area contributed by atoms with Crippen LogP contribution >= 0.6 is 0 Å². The van der Waals surface area contributed by atoms with E-state index in [1.54, 1.807) is 0 Å². The van der Waals surface area contributed by atoms with Gasteiger partial charge in [-0.15, -0.1) is 0 Å². The van der Waals surface area contributed by atoms with E-state index in [-0.39, 0.29) is 11.0 Å². The molecule has 0 saturated carbocycles. The first kappa shape index (κ1) is 22.6. The van der Waals surface area contributed by atoms with Gasteiger partial charge in [0, 0.05) is 27.0 Å². The first-order valence-electron chi connectivity index (χ1n) is 14.2. The van der Waals surface area contributed by atoms with Crippen molar-refractivity contribution in [2.75, 3.05) is 0 Å². The standard InChI is InChI=1S/C38H26N2O/c1-38(22-12-3-13-23-38)34-31(24-14-4-2-5-15-24)32-25-16-6-9-19-28(25)39-30-21-11-8-18-27(30)37(41)40-29-20-10-7-17-26(29)33(34)36(40)35(32)39/h2-22H,23H2,1H3. The number of rotatable bonds is 2. The Hall–Kier alpha value is -5.15. The molecule has 41 heavy (non-hydrogen) atoms. The second kappa shape index (κ2) is 7.96. The Balaban J connectivity index is 1.76. The average Bonchev–Trinajstić information content (AvgIpc) is 3.51. The summed E-state index contributed by atoms with van der Waals surface area (Å²) in [6, 6.07) is 36.0. The van der Waals surface area contributed by atoms with Gasteiger partial charge in [0.15, 0.2) is 0 Å². The fourth-order valence-corrected chi connectivity index (χ4v) is 7.49. The monoisotopic (exact) mass is 526 g/mol. The number of fused-ring (bicyclic) bond motifs is 8. The van der Waals surface area contributed by atoms with Crippen LogP contribution in [0.15, 0.2) is 132 Å². The summed E-state index contributed by atoms with van der Waals surface area (Å²) in [6.07, 6.45) is 9.82. The lowest BCUT2D eigenvalue weighted by atomic mass is 9.71. The molecule has 3 heteroatoms. The highest BCUT2D eigenvalue weighted by molar-refractivity contribution is 6.30. The Kier molecular flexibility index (Phi) is 4.39. The molecule has 3 heterocycles. The van der Waals surface area contributed by atoms with Crippen LogP contribution in [0.5, 0.6) is 0 Å². The zero-order valence-corrected chi connectivity index (χ0v) is 22.6. The van der Waals surface area contributed by atoms with Gasteiger partial charge in [-0.3, -0.25) is 9.20 Å². The molecule has 1 aliphatic carbocycles. The van der Waals surface area contributed by atoms with E-state index in [0.29, 0.717) is 5.39 Å². The minimum absolute atomic E-state index is 0.0172. The average molecular weight is 527 g/mol. The molecule has 8 aromatic rings. The molecule has 0 fully saturated rings. The fraction of sp³-hybridized carbons (Fsp3) is 0.0789. The Morgan fingerprint density at radius 1 is 0.610 bits per heavy atom. The number of allylic oxidation sites excluding steroid dienone is 4. The number of benzene rings is 5. The van der Waals surface area contributed by atoms with E-state index in [1.165, 1.54) is 32.8 Å². The summed E-state index contributed by atoms with van der Waals surface area (Å²) in [6.45, 7) is 2.35. The van der Waals surface area contributed by atoms with E-state index in [9.17, 15) is 4.79 Å². The second-order valence-corrected chi connectivity index (χ2v) is 11.5. The maximum atomic E-state index is 14.6. The molecule has 1 unspecified atom stereocenters. The normalized spacial score (nSPS) is 17.3. The van der Waals surface area contributed by atoms with E-state index in [0.717, 1.165) is 39.4 Å². The summed E-state index contributed by atoms with van der Waals surface area (Å²) >= 11 is 0. The molecular weight excluding hydrogens is 500 g/mol. The van der Waals surface area contributed by atoms with Gasteiger partial charge in [-0.2, -0.15) is 0 Å². The van der Waals surface area contributed by atoms with Crippen LogP contribution < -0.4 is 5.56 Å². The summed E-state index contributed by atoms with van der Waals surface area (Å²) in [7, 11) is 0. The highest BCUT2D eigenvalue weighted by Crippen LogP contribution is 2.52. The lowest BCUT2D eigenvalue weighted by Crippen LogP contribution is -2.21. The lowest BCUT2D eigenvalue weighted by Gasteiger charge is -2.31. The van der Waals surface area contributed by atoms with Crippen LogP contribution in [0.3, 0.4) is 0 Å². The Morgan fingerprint density at radius 3 is 1.85 bits per heavy atom. The fourth-order valence-electron chi connectivity index (χ4n) is 7.49. The van der Waals surface area contributed by atoms with Crippen LogP contribution in [0, 0.1) is 0 Å². The minimum atomic E-state index is -0.269. The Bertz CT molecular complexity index is 2480. The largest absolute Gasteiger partial charge is 0.306 e. The van der Waals surface area contributed by atoms with Crippen LogP contribution in [-0.2, 0) is 5.41 Å². The molecule has 0 amide bonds. The maximum Gasteiger partial charge on any atom is 0.265 e. The van der Waals surface area contributed by atoms with Crippen LogP contribution in [0.2, 0.25) is 0 Å². The van der Waals surface area contributed by atoms with E-state index >= 15 is 0 Å². The summed E-state index contributed by atoms with van der Waals surface area (Å²) in [5, 5.41) is 5.39. The highest BCUT2D eigenvalue weighted by atomic mass is 16.1. The summed E-state index contributed by atoms with van der Waals surface area (Å²) in [5.74, 6) is 0. The summed E-state index contributed by atoms with van der Waals surface area (Å²) < 4.78 is 4.34. The third-order valence-corrected chi connectivity index (χ3v) is 9.19. The smallest absolute Gasteiger partial charge is 0.265 e. The quantitative estimate of drug-likeness (QED) is 0.221. The highest BCUT2D eigenvalue weighted by Gasteiger charge is 2.35. The van der Waals surface area contributed by atoms with Crippen LogP contribution in [0.1, 0.15) is 18.9 Å². The molecule has 0 N–H and O–H groups in total. The molecular formula is C38H26N2O. The third-order valence-electron chi connectivity index (χ3n) is 9.19. The van der Waals surface area contributed by atoms with Crippen molar-refractivity contribution in [2.45, 2.75) is 18.8 Å². The SMILES string of the molecule is CC1(c2c(-c3ccccc3)c3c4ccccc4n4c5ccccc5c(=O)n5c6ccccc6c2c5c34)C=CC=CC1. The minimum Gasteiger partial charge on any atom is -0.306 e.